The number of benzene rings is 1. The number of hydrogen-bond acceptors (Lipinski definition) is 3. The van der Waals surface area contributed by atoms with Crippen LogP contribution in [-0.4, -0.2) is 35.2 Å². The van der Waals surface area contributed by atoms with Gasteiger partial charge in [-0.2, -0.15) is 0 Å². The summed E-state index contributed by atoms with van der Waals surface area (Å²) >= 11 is 0. The lowest BCUT2D eigenvalue weighted by molar-refractivity contribution is -0.151. The Kier molecular flexibility index (Phi) is 3.80. The molecule has 19 heavy (non-hydrogen) atoms. The first kappa shape index (κ1) is 13.9. The number of ether oxygens (including phenoxy) is 1. The molecule has 1 aromatic carbocycles. The summed E-state index contributed by atoms with van der Waals surface area (Å²) in [5, 5.41) is 9.87. The molecule has 4 heteroatoms. The van der Waals surface area contributed by atoms with Crippen molar-refractivity contribution in [1.29, 1.82) is 0 Å². The van der Waals surface area contributed by atoms with E-state index in [1.54, 1.807) is 24.1 Å². The lowest BCUT2D eigenvalue weighted by Crippen LogP contribution is -2.45. The van der Waals surface area contributed by atoms with Crippen molar-refractivity contribution in [3.05, 3.63) is 29.8 Å². The highest BCUT2D eigenvalue weighted by Crippen LogP contribution is 2.32. The molecular weight excluding hydrogens is 242 g/mol. The van der Waals surface area contributed by atoms with Crippen LogP contribution >= 0.6 is 0 Å². The van der Waals surface area contributed by atoms with Crippen LogP contribution in [0.3, 0.4) is 0 Å². The quantitative estimate of drug-likeness (QED) is 0.911. The summed E-state index contributed by atoms with van der Waals surface area (Å²) in [6.07, 6.45) is 1.67. The van der Waals surface area contributed by atoms with E-state index in [0.29, 0.717) is 6.61 Å². The van der Waals surface area contributed by atoms with Gasteiger partial charge in [0.1, 0.15) is 11.4 Å². The van der Waals surface area contributed by atoms with Gasteiger partial charge >= 0.3 is 0 Å². The summed E-state index contributed by atoms with van der Waals surface area (Å²) in [7, 11) is 1.76. The molecule has 4 nitrogen and oxygen atoms in total. The molecule has 104 valence electrons. The standard InChI is InChI=1S/C15H21NO3/c1-11(12-7-4-5-8-13(12)17)16(3)14(18)15(2)9-6-10-19-15/h4-5,7-8,11,17H,6,9-10H2,1-3H3. The van der Waals surface area contributed by atoms with Gasteiger partial charge < -0.3 is 14.7 Å². The molecule has 1 aromatic rings. The summed E-state index contributed by atoms with van der Waals surface area (Å²) in [6.45, 7) is 4.39. The van der Waals surface area contributed by atoms with E-state index >= 15 is 0 Å². The van der Waals surface area contributed by atoms with Crippen molar-refractivity contribution in [2.45, 2.75) is 38.3 Å². The Morgan fingerprint density at radius 2 is 2.16 bits per heavy atom. The highest BCUT2D eigenvalue weighted by molar-refractivity contribution is 5.85. The summed E-state index contributed by atoms with van der Waals surface area (Å²) < 4.78 is 5.59. The van der Waals surface area contributed by atoms with Gasteiger partial charge in [-0.05, 0) is 32.8 Å². The van der Waals surface area contributed by atoms with E-state index in [0.717, 1.165) is 18.4 Å². The first-order valence-electron chi connectivity index (χ1n) is 6.65. The normalized spacial score (nSPS) is 24.2. The monoisotopic (exact) mass is 263 g/mol. The second-order valence-electron chi connectivity index (χ2n) is 5.33. The molecule has 0 aliphatic carbocycles. The van der Waals surface area contributed by atoms with Crippen LogP contribution in [0, 0.1) is 0 Å². The van der Waals surface area contributed by atoms with E-state index in [-0.39, 0.29) is 17.7 Å². The Morgan fingerprint density at radius 3 is 2.74 bits per heavy atom. The molecule has 1 heterocycles. The summed E-state index contributed by atoms with van der Waals surface area (Å²) in [4.78, 5) is 14.2. The molecule has 0 radical (unpaired) electrons. The largest absolute Gasteiger partial charge is 0.508 e. The summed E-state index contributed by atoms with van der Waals surface area (Å²) in [5.74, 6) is 0.188. The van der Waals surface area contributed by atoms with Crippen molar-refractivity contribution in [2.24, 2.45) is 0 Å². The van der Waals surface area contributed by atoms with Crippen molar-refractivity contribution in [2.75, 3.05) is 13.7 Å². The molecule has 1 saturated heterocycles. The van der Waals surface area contributed by atoms with Gasteiger partial charge in [0.2, 0.25) is 0 Å². The van der Waals surface area contributed by atoms with Crippen LogP contribution in [0.5, 0.6) is 5.75 Å². The van der Waals surface area contributed by atoms with Gasteiger partial charge in [0.25, 0.3) is 5.91 Å². The average molecular weight is 263 g/mol. The SMILES string of the molecule is CC(c1ccccc1O)N(C)C(=O)C1(C)CCCO1. The maximum absolute atomic E-state index is 12.5. The number of para-hydroxylation sites is 1. The molecule has 1 aliphatic rings. The van der Waals surface area contributed by atoms with E-state index < -0.39 is 5.60 Å². The van der Waals surface area contributed by atoms with Crippen LogP contribution in [0.15, 0.2) is 24.3 Å². The molecule has 0 bridgehead atoms. The van der Waals surface area contributed by atoms with Gasteiger partial charge in [0.15, 0.2) is 0 Å². The van der Waals surface area contributed by atoms with Crippen molar-refractivity contribution in [1.82, 2.24) is 4.90 Å². The predicted octanol–water partition coefficient (Wildman–Crippen LogP) is 2.48. The van der Waals surface area contributed by atoms with Gasteiger partial charge in [-0.15, -0.1) is 0 Å². The fourth-order valence-corrected chi connectivity index (χ4v) is 2.55. The van der Waals surface area contributed by atoms with Crippen molar-refractivity contribution >= 4 is 5.91 Å². The zero-order valence-corrected chi connectivity index (χ0v) is 11.7. The molecular formula is C15H21NO3. The van der Waals surface area contributed by atoms with E-state index in [4.69, 9.17) is 4.74 Å². The van der Waals surface area contributed by atoms with Gasteiger partial charge in [0.05, 0.1) is 6.04 Å². The Balaban J connectivity index is 2.17. The van der Waals surface area contributed by atoms with Crippen LogP contribution in [0.1, 0.15) is 38.3 Å². The maximum atomic E-state index is 12.5. The first-order valence-corrected chi connectivity index (χ1v) is 6.65. The second-order valence-corrected chi connectivity index (χ2v) is 5.33. The predicted molar refractivity (Wildman–Crippen MR) is 72.9 cm³/mol. The number of carbonyl (C=O) groups is 1. The number of likely N-dealkylation sites (N-methyl/N-ethyl adjacent to an activating group) is 1. The Hall–Kier alpha value is -1.55. The van der Waals surface area contributed by atoms with E-state index in [9.17, 15) is 9.90 Å². The maximum Gasteiger partial charge on any atom is 0.254 e. The van der Waals surface area contributed by atoms with Gasteiger partial charge in [0, 0.05) is 19.2 Å². The number of hydrogen-bond donors (Lipinski definition) is 1. The molecule has 2 unspecified atom stereocenters. The molecule has 0 spiro atoms. The van der Waals surface area contributed by atoms with Crippen LogP contribution in [0.4, 0.5) is 0 Å². The topological polar surface area (TPSA) is 49.8 Å². The average Bonchev–Trinajstić information content (AvgIpc) is 2.85. The molecule has 1 fully saturated rings. The molecule has 2 atom stereocenters. The Morgan fingerprint density at radius 1 is 1.47 bits per heavy atom. The smallest absolute Gasteiger partial charge is 0.254 e. The third-order valence-corrected chi connectivity index (χ3v) is 3.96. The lowest BCUT2D eigenvalue weighted by Gasteiger charge is -2.32. The van der Waals surface area contributed by atoms with Gasteiger partial charge in [-0.3, -0.25) is 4.79 Å². The highest BCUT2D eigenvalue weighted by atomic mass is 16.5. The van der Waals surface area contributed by atoms with Gasteiger partial charge in [-0.25, -0.2) is 0 Å². The minimum absolute atomic E-state index is 0.0271. The van der Waals surface area contributed by atoms with Crippen molar-refractivity contribution in [3.8, 4) is 5.75 Å². The molecule has 2 rings (SSSR count). The molecule has 0 aromatic heterocycles. The Bertz CT molecular complexity index is 466. The third kappa shape index (κ3) is 2.59. The zero-order chi connectivity index (χ0) is 14.0. The van der Waals surface area contributed by atoms with Gasteiger partial charge in [-0.1, -0.05) is 18.2 Å². The molecule has 1 N–H and O–H groups in total. The van der Waals surface area contributed by atoms with E-state index in [1.807, 2.05) is 26.0 Å². The number of phenols is 1. The van der Waals surface area contributed by atoms with Crippen molar-refractivity contribution < 1.29 is 14.6 Å². The summed E-state index contributed by atoms with van der Waals surface area (Å²) in [5.41, 5.74) is 0.0351. The molecule has 0 saturated carbocycles. The fourth-order valence-electron chi connectivity index (χ4n) is 2.55. The number of carbonyl (C=O) groups excluding carboxylic acids is 1. The lowest BCUT2D eigenvalue weighted by atomic mass is 9.98. The minimum atomic E-state index is -0.715. The number of rotatable bonds is 3. The van der Waals surface area contributed by atoms with Crippen LogP contribution in [0.25, 0.3) is 0 Å². The first-order chi connectivity index (χ1) is 8.96. The van der Waals surface area contributed by atoms with Crippen LogP contribution in [-0.2, 0) is 9.53 Å². The van der Waals surface area contributed by atoms with Crippen LogP contribution in [0.2, 0.25) is 0 Å². The minimum Gasteiger partial charge on any atom is -0.508 e. The number of nitrogens with zero attached hydrogens (tertiary/aromatic N) is 1. The van der Waals surface area contributed by atoms with E-state index in [1.165, 1.54) is 0 Å². The number of aromatic hydroxyl groups is 1. The fraction of sp³-hybridized carbons (Fsp3) is 0.533. The van der Waals surface area contributed by atoms with E-state index in [2.05, 4.69) is 0 Å². The molecule has 1 amide bonds. The summed E-state index contributed by atoms with van der Waals surface area (Å²) in [6, 6.07) is 6.92. The molecule has 1 aliphatic heterocycles. The number of amides is 1. The second kappa shape index (κ2) is 5.21. The third-order valence-electron chi connectivity index (χ3n) is 3.96. The highest BCUT2D eigenvalue weighted by Gasteiger charge is 2.41. The zero-order valence-electron chi connectivity index (χ0n) is 11.7. The number of phenolic OH excluding ortho intramolecular Hbond substituents is 1. The van der Waals surface area contributed by atoms with Crippen LogP contribution < -0.4 is 0 Å². The Labute approximate surface area is 114 Å². The van der Waals surface area contributed by atoms with Crippen molar-refractivity contribution in [3.63, 3.8) is 0 Å².